The topological polar surface area (TPSA) is 0 Å². The monoisotopic (exact) mass is 238 g/mol. The molecule has 0 amide bonds. The molecular formula is C2H4ClLu. The van der Waals surface area contributed by atoms with Crippen LogP contribution in [0.25, 0.3) is 0 Å². The van der Waals surface area contributed by atoms with Gasteiger partial charge in [0.2, 0.25) is 0 Å². The molecule has 0 unspecified atom stereocenters. The van der Waals surface area contributed by atoms with E-state index in [1.165, 1.54) is 0 Å². The Bertz CT molecular complexity index is 21.2. The molecule has 34 valence electrons. The fourth-order valence-electron chi connectivity index (χ4n) is 0. The van der Waals surface area contributed by atoms with Crippen molar-refractivity contribution in [3.63, 3.8) is 0 Å². The summed E-state index contributed by atoms with van der Waals surface area (Å²) >= 11 is 0.398. The number of hydrogen-bond donors (Lipinski definition) is 0. The molecule has 0 nitrogen and oxygen atoms in total. The molecule has 0 heterocycles. The quantitative estimate of drug-likeness (QED) is 0.592. The third kappa shape index (κ3) is 3.39. The zero-order chi connectivity index (χ0) is 3.41. The first-order valence-corrected chi connectivity index (χ1v) is 3.85. The van der Waals surface area contributed by atoms with Gasteiger partial charge in [0.15, 0.2) is 0 Å². The van der Waals surface area contributed by atoms with Gasteiger partial charge in [-0.1, -0.05) is 0 Å². The van der Waals surface area contributed by atoms with E-state index in [4.69, 9.17) is 6.55 Å². The molecule has 4 heavy (non-hydrogen) atoms. The first kappa shape index (κ1) is 5.39. The van der Waals surface area contributed by atoms with Crippen molar-refractivity contribution in [2.24, 2.45) is 0 Å². The van der Waals surface area contributed by atoms with E-state index in [9.17, 15) is 0 Å². The van der Waals surface area contributed by atoms with Crippen LogP contribution < -0.4 is 0 Å². The van der Waals surface area contributed by atoms with Gasteiger partial charge in [0, 0.05) is 0 Å². The standard InChI is InChI=1S/C2H4.ClH.Lu/c1-2;;/h1H,2H3;1H;/q;;+1/p-1. The summed E-state index contributed by atoms with van der Waals surface area (Å²) in [4.78, 5) is 0. The summed E-state index contributed by atoms with van der Waals surface area (Å²) in [6.07, 6.45) is 0. The van der Waals surface area contributed by atoms with E-state index in [1.807, 2.05) is 9.13 Å². The molecule has 0 rings (SSSR count). The maximum absolute atomic E-state index is 5.17. The van der Waals surface area contributed by atoms with Gasteiger partial charge < -0.3 is 0 Å². The van der Waals surface area contributed by atoms with Crippen LogP contribution >= 0.6 is 6.55 Å². The fourth-order valence-corrected chi connectivity index (χ4v) is 0. The van der Waals surface area contributed by atoms with Gasteiger partial charge in [-0.2, -0.15) is 0 Å². The molecule has 0 fully saturated rings. The third-order valence-corrected chi connectivity index (χ3v) is 1.25. The van der Waals surface area contributed by atoms with Crippen LogP contribution in [0.4, 0.5) is 0 Å². The Morgan fingerprint density at radius 3 is 2.25 bits per heavy atom. The van der Waals surface area contributed by atoms with Crippen molar-refractivity contribution >= 4 is 8.76 Å². The van der Waals surface area contributed by atoms with Crippen LogP contribution in [-0.4, -0.2) is 2.21 Å². The van der Waals surface area contributed by atoms with E-state index in [0.717, 1.165) is 0 Å². The van der Waals surface area contributed by atoms with Gasteiger partial charge >= 0.3 is 46.7 Å². The summed E-state index contributed by atoms with van der Waals surface area (Å²) in [6.45, 7) is 7.11. The molecule has 0 bridgehead atoms. The molecule has 0 saturated heterocycles. The molecule has 0 aromatic carbocycles. The van der Waals surface area contributed by atoms with Crippen LogP contribution in [0.2, 0.25) is 0 Å². The van der Waals surface area contributed by atoms with E-state index >= 15 is 0 Å². The molecule has 0 aromatic heterocycles. The van der Waals surface area contributed by atoms with Gasteiger partial charge in [-0.25, -0.2) is 0 Å². The second kappa shape index (κ2) is 4.39. The Balaban J connectivity index is 2.55. The number of rotatable bonds is 0. The molecule has 2 heteroatoms. The van der Waals surface area contributed by atoms with Gasteiger partial charge in [0.25, 0.3) is 0 Å². The summed E-state index contributed by atoms with van der Waals surface area (Å²) in [5.74, 6) is 0. The molecular weight excluding hydrogens is 234 g/mol. The molecule has 0 N–H and O–H groups in total. The average molecular weight is 238 g/mol. The number of halogens is 1. The Kier molecular flexibility index (Phi) is 5.92. The van der Waals surface area contributed by atoms with Gasteiger partial charge in [-0.05, 0) is 0 Å². The van der Waals surface area contributed by atoms with Crippen molar-refractivity contribution in [1.29, 1.82) is 0 Å². The fraction of sp³-hybridized carbons (Fsp3) is 0.500. The van der Waals surface area contributed by atoms with E-state index in [1.54, 1.807) is 0 Å². The Morgan fingerprint density at radius 1 is 2.00 bits per heavy atom. The van der Waals surface area contributed by atoms with Gasteiger partial charge in [0.05, 0.1) is 0 Å². The molecule has 0 spiro atoms. The van der Waals surface area contributed by atoms with Crippen LogP contribution in [0.5, 0.6) is 0 Å². The summed E-state index contributed by atoms with van der Waals surface area (Å²) in [6, 6.07) is 0. The summed E-state index contributed by atoms with van der Waals surface area (Å²) < 4.78 is 1.93. The molecule has 0 saturated carbocycles. The zero-order valence-corrected chi connectivity index (χ0v) is 4.63. The van der Waals surface area contributed by atoms with Crippen molar-refractivity contribution in [1.82, 2.24) is 0 Å². The first-order chi connectivity index (χ1) is 1.91. The molecule has 0 radical (unpaired) electrons. The van der Waals surface area contributed by atoms with Crippen molar-refractivity contribution in [2.45, 2.75) is 6.92 Å². The Labute approximate surface area is 46.2 Å². The zero-order valence-electron chi connectivity index (χ0n) is 2.21. The van der Waals surface area contributed by atoms with Crippen molar-refractivity contribution < 1.29 is 31.0 Å². The van der Waals surface area contributed by atoms with Crippen molar-refractivity contribution in [3.05, 3.63) is 0 Å². The maximum atomic E-state index is 5.17. The normalized spacial score (nSPS) is 13.5. The van der Waals surface area contributed by atoms with E-state index in [-0.39, 0.29) is 0 Å². The van der Waals surface area contributed by atoms with Crippen LogP contribution in [-0.2, 0) is 0 Å². The summed E-state index contributed by atoms with van der Waals surface area (Å²) in [5, 5.41) is 0. The van der Waals surface area contributed by atoms with Gasteiger partial charge in [-0.15, -0.1) is 0 Å². The van der Waals surface area contributed by atoms with Gasteiger partial charge in [0.1, 0.15) is 0 Å². The minimum absolute atomic E-state index is 0.398. The second-order valence-electron chi connectivity index (χ2n) is 0.205. The van der Waals surface area contributed by atoms with E-state index < -0.39 is 0 Å². The van der Waals surface area contributed by atoms with Crippen LogP contribution in [0.3, 0.4) is 0 Å². The molecule has 0 aliphatic rings. The van der Waals surface area contributed by atoms with Crippen LogP contribution in [0, 0.1) is 31.0 Å². The summed E-state index contributed by atoms with van der Waals surface area (Å²) in [7, 11) is 0. The minimum atomic E-state index is 0.398. The average Bonchev–Trinajstić information content (AvgIpc) is 1.37. The summed E-state index contributed by atoms with van der Waals surface area (Å²) in [5.41, 5.74) is 0. The molecule has 0 atom stereocenters. The van der Waals surface area contributed by atoms with Crippen molar-refractivity contribution in [3.8, 4) is 0 Å². The predicted octanol–water partition coefficient (Wildman–Crippen LogP) is 1.05. The van der Waals surface area contributed by atoms with Crippen LogP contribution in [0.1, 0.15) is 6.92 Å². The molecule has 0 aliphatic carbocycles. The first-order valence-electron chi connectivity index (χ1n) is 0.824. The number of hydrogen-bond acceptors (Lipinski definition) is 0. The van der Waals surface area contributed by atoms with E-state index in [2.05, 4.69) is 0 Å². The SMILES string of the molecule is C[CH]=[Lu][Cl]. The Morgan fingerprint density at radius 2 is 2.25 bits per heavy atom. The van der Waals surface area contributed by atoms with Gasteiger partial charge in [-0.3, -0.25) is 0 Å². The predicted molar refractivity (Wildman–Crippen MR) is 17.6 cm³/mol. The van der Waals surface area contributed by atoms with E-state index in [0.29, 0.717) is 31.0 Å². The van der Waals surface area contributed by atoms with Crippen LogP contribution in [0.15, 0.2) is 0 Å². The Hall–Kier alpha value is 1.39. The second-order valence-corrected chi connectivity index (χ2v) is 2.36. The third-order valence-electron chi connectivity index (χ3n) is 0.0563. The van der Waals surface area contributed by atoms with Crippen molar-refractivity contribution in [2.75, 3.05) is 0 Å². The molecule has 0 aliphatic heterocycles. The molecule has 0 aromatic rings.